The molecule has 0 radical (unpaired) electrons. The Balaban J connectivity index is 0.00000176. The molecule has 0 fully saturated rings. The van der Waals surface area contributed by atoms with Crippen LogP contribution in [0.3, 0.4) is 0 Å². The maximum absolute atomic E-state index is 5.44. The highest BCUT2D eigenvalue weighted by Crippen LogP contribution is 2.35. The first-order chi connectivity index (χ1) is 10.2. The van der Waals surface area contributed by atoms with Crippen LogP contribution in [0.2, 0.25) is 0 Å². The summed E-state index contributed by atoms with van der Waals surface area (Å²) in [6.07, 6.45) is 2.07. The lowest BCUT2D eigenvalue weighted by Gasteiger charge is -2.11. The Morgan fingerprint density at radius 1 is 0.864 bits per heavy atom. The van der Waals surface area contributed by atoms with E-state index in [1.165, 1.54) is 5.56 Å². The minimum absolute atomic E-state index is 0. The monoisotopic (exact) mass is 315 g/mol. The van der Waals surface area contributed by atoms with Gasteiger partial charge in [0.2, 0.25) is 5.69 Å². The number of fused-ring (bicyclic) bond motifs is 1. The Hall–Kier alpha value is -2.26. The molecule has 0 unspecified atom stereocenters. The van der Waals surface area contributed by atoms with E-state index in [4.69, 9.17) is 9.47 Å². The van der Waals surface area contributed by atoms with Gasteiger partial charge >= 0.3 is 0 Å². The highest BCUT2D eigenvalue weighted by Gasteiger charge is 2.17. The van der Waals surface area contributed by atoms with Crippen molar-refractivity contribution in [3.63, 3.8) is 0 Å². The lowest BCUT2D eigenvalue weighted by molar-refractivity contribution is -0.659. The summed E-state index contributed by atoms with van der Waals surface area (Å²) in [6.45, 7) is 0. The zero-order chi connectivity index (χ0) is 14.8. The van der Waals surface area contributed by atoms with E-state index in [0.29, 0.717) is 0 Å². The summed E-state index contributed by atoms with van der Waals surface area (Å²) in [5, 5.41) is 2.27. The molecule has 0 aliphatic heterocycles. The Labute approximate surface area is 136 Å². The molecule has 0 N–H and O–H groups in total. The van der Waals surface area contributed by atoms with Crippen LogP contribution in [0.15, 0.2) is 54.7 Å². The molecule has 0 amide bonds. The van der Waals surface area contributed by atoms with Gasteiger partial charge in [0.15, 0.2) is 17.7 Å². The predicted molar refractivity (Wildman–Crippen MR) is 83.7 cm³/mol. The topological polar surface area (TPSA) is 22.3 Å². The lowest BCUT2D eigenvalue weighted by atomic mass is 10.0. The third kappa shape index (κ3) is 2.72. The third-order valence-electron chi connectivity index (χ3n) is 3.69. The third-order valence-corrected chi connectivity index (χ3v) is 3.69. The summed E-state index contributed by atoms with van der Waals surface area (Å²) < 4.78 is 13.0. The van der Waals surface area contributed by atoms with Gasteiger partial charge in [0.05, 0.1) is 19.6 Å². The summed E-state index contributed by atoms with van der Waals surface area (Å²) >= 11 is 0. The van der Waals surface area contributed by atoms with Gasteiger partial charge in [0.25, 0.3) is 0 Å². The average Bonchev–Trinajstić information content (AvgIpc) is 2.54. The van der Waals surface area contributed by atoms with E-state index in [9.17, 15) is 0 Å². The summed E-state index contributed by atoms with van der Waals surface area (Å²) in [5.74, 6) is 1.49. The molecular weight excluding hydrogens is 298 g/mol. The van der Waals surface area contributed by atoms with Crippen LogP contribution >= 0.6 is 0 Å². The van der Waals surface area contributed by atoms with Gasteiger partial charge in [-0.1, -0.05) is 18.2 Å². The molecule has 1 aromatic heterocycles. The van der Waals surface area contributed by atoms with Crippen molar-refractivity contribution >= 4 is 10.8 Å². The quantitative estimate of drug-likeness (QED) is 0.651. The molecule has 0 saturated heterocycles. The number of ether oxygens (including phenoxy) is 2. The summed E-state index contributed by atoms with van der Waals surface area (Å²) in [4.78, 5) is 0. The largest absolute Gasteiger partial charge is 1.00 e. The summed E-state index contributed by atoms with van der Waals surface area (Å²) in [6, 6.07) is 16.5. The molecule has 0 bridgehead atoms. The number of nitrogens with zero attached hydrogens (tertiary/aromatic N) is 1. The number of benzene rings is 2. The van der Waals surface area contributed by atoms with Crippen molar-refractivity contribution in [1.29, 1.82) is 0 Å². The molecular formula is C18H18ClNO2. The number of hydrogen-bond acceptors (Lipinski definition) is 2. The van der Waals surface area contributed by atoms with Crippen molar-refractivity contribution in [2.24, 2.45) is 7.05 Å². The molecule has 1 heterocycles. The first kappa shape index (κ1) is 16.1. The van der Waals surface area contributed by atoms with E-state index in [2.05, 4.69) is 48.1 Å². The Morgan fingerprint density at radius 2 is 1.50 bits per heavy atom. The second-order valence-corrected chi connectivity index (χ2v) is 4.94. The van der Waals surface area contributed by atoms with Crippen molar-refractivity contribution in [3.8, 4) is 22.8 Å². The smallest absolute Gasteiger partial charge is 0.220 e. The van der Waals surface area contributed by atoms with Crippen LogP contribution in [0.4, 0.5) is 0 Å². The van der Waals surface area contributed by atoms with Crippen molar-refractivity contribution in [2.45, 2.75) is 0 Å². The van der Waals surface area contributed by atoms with E-state index in [1.54, 1.807) is 14.2 Å². The fourth-order valence-electron chi connectivity index (χ4n) is 2.65. The SMILES string of the molecule is COc1cc2cc[n+](C)c(-c3ccccc3)c2cc1OC.[Cl-]. The maximum atomic E-state index is 5.44. The average molecular weight is 316 g/mol. The number of pyridine rings is 1. The van der Waals surface area contributed by atoms with E-state index in [0.717, 1.165) is 28.0 Å². The number of aromatic nitrogens is 1. The van der Waals surface area contributed by atoms with Crippen LogP contribution in [0.5, 0.6) is 11.5 Å². The number of rotatable bonds is 3. The zero-order valence-electron chi connectivity index (χ0n) is 12.8. The number of aryl methyl sites for hydroxylation is 1. The van der Waals surface area contributed by atoms with Gasteiger partial charge < -0.3 is 21.9 Å². The molecule has 2 aromatic carbocycles. The fourth-order valence-corrected chi connectivity index (χ4v) is 2.65. The molecule has 0 atom stereocenters. The van der Waals surface area contributed by atoms with Gasteiger partial charge in [-0.2, -0.15) is 0 Å². The molecule has 0 aliphatic carbocycles. The standard InChI is InChI=1S/C18H18NO2.ClH/c1-19-10-9-14-11-16(20-2)17(21-3)12-15(14)18(19)13-7-5-4-6-8-13;/h4-12H,1-3H3;1H/q+1;/p-1. The Bertz CT molecular complexity index is 788. The number of hydrogen-bond donors (Lipinski definition) is 0. The van der Waals surface area contributed by atoms with Gasteiger partial charge in [-0.05, 0) is 29.7 Å². The second-order valence-electron chi connectivity index (χ2n) is 4.94. The summed E-state index contributed by atoms with van der Waals surface area (Å²) in [5.41, 5.74) is 2.34. The maximum Gasteiger partial charge on any atom is 0.220 e. The molecule has 0 aliphatic rings. The lowest BCUT2D eigenvalue weighted by Crippen LogP contribution is -3.00. The zero-order valence-corrected chi connectivity index (χ0v) is 13.6. The molecule has 3 rings (SSSR count). The highest BCUT2D eigenvalue weighted by atomic mass is 35.5. The Morgan fingerprint density at radius 3 is 2.14 bits per heavy atom. The molecule has 114 valence electrons. The first-order valence-electron chi connectivity index (χ1n) is 6.84. The summed E-state index contributed by atoms with van der Waals surface area (Å²) in [7, 11) is 5.37. The van der Waals surface area contributed by atoms with Gasteiger partial charge in [0, 0.05) is 11.6 Å². The van der Waals surface area contributed by atoms with Crippen molar-refractivity contribution in [2.75, 3.05) is 14.2 Å². The number of methoxy groups -OCH3 is 2. The molecule has 0 spiro atoms. The van der Waals surface area contributed by atoms with E-state index in [1.807, 2.05) is 18.2 Å². The van der Waals surface area contributed by atoms with Crippen LogP contribution in [0, 0.1) is 0 Å². The van der Waals surface area contributed by atoms with Crippen molar-refractivity contribution < 1.29 is 26.4 Å². The van der Waals surface area contributed by atoms with Gasteiger partial charge in [-0.25, -0.2) is 4.57 Å². The second kappa shape index (κ2) is 6.67. The fraction of sp³-hybridized carbons (Fsp3) is 0.167. The van der Waals surface area contributed by atoms with Gasteiger partial charge in [0.1, 0.15) is 7.05 Å². The molecule has 3 nitrogen and oxygen atoms in total. The minimum atomic E-state index is 0. The van der Waals surface area contributed by atoms with Gasteiger partial charge in [-0.3, -0.25) is 0 Å². The minimum Gasteiger partial charge on any atom is -1.00 e. The van der Waals surface area contributed by atoms with Crippen LogP contribution < -0.4 is 26.4 Å². The Kier molecular flexibility index (Phi) is 4.88. The van der Waals surface area contributed by atoms with Crippen molar-refractivity contribution in [3.05, 3.63) is 54.7 Å². The van der Waals surface area contributed by atoms with Crippen LogP contribution in [0.25, 0.3) is 22.0 Å². The van der Waals surface area contributed by atoms with Crippen molar-refractivity contribution in [1.82, 2.24) is 0 Å². The van der Waals surface area contributed by atoms with E-state index >= 15 is 0 Å². The first-order valence-corrected chi connectivity index (χ1v) is 6.84. The molecule has 4 heteroatoms. The van der Waals surface area contributed by atoms with Gasteiger partial charge in [-0.15, -0.1) is 0 Å². The molecule has 3 aromatic rings. The van der Waals surface area contributed by atoms with Crippen LogP contribution in [-0.2, 0) is 7.05 Å². The highest BCUT2D eigenvalue weighted by molar-refractivity contribution is 5.95. The predicted octanol–water partition coefficient (Wildman–Crippen LogP) is 0.352. The normalized spacial score (nSPS) is 10.1. The van der Waals surface area contributed by atoms with Crippen LogP contribution in [0.1, 0.15) is 0 Å². The van der Waals surface area contributed by atoms with E-state index in [-0.39, 0.29) is 12.4 Å². The van der Waals surface area contributed by atoms with Crippen LogP contribution in [-0.4, -0.2) is 14.2 Å². The molecule has 22 heavy (non-hydrogen) atoms. The number of halogens is 1. The molecule has 0 saturated carbocycles. The van der Waals surface area contributed by atoms with E-state index < -0.39 is 0 Å².